The zero-order valence-corrected chi connectivity index (χ0v) is 10.7. The second kappa shape index (κ2) is 4.98. The average molecular weight is 255 g/mol. The van der Waals surface area contributed by atoms with Gasteiger partial charge < -0.3 is 9.80 Å². The van der Waals surface area contributed by atoms with Crippen LogP contribution < -0.4 is 0 Å². The smallest absolute Gasteiger partial charge is 0.274 e. The Hall–Kier alpha value is -1.20. The van der Waals surface area contributed by atoms with Crippen LogP contribution in [0, 0.1) is 0 Å². The molecule has 0 bridgehead atoms. The van der Waals surface area contributed by atoms with Crippen LogP contribution in [0.4, 0.5) is 0 Å². The van der Waals surface area contributed by atoms with Crippen molar-refractivity contribution in [2.24, 2.45) is 0 Å². The Morgan fingerprint density at radius 2 is 2.18 bits per heavy atom. The average Bonchev–Trinajstić information content (AvgIpc) is 2.33. The number of carbonyl (C=O) groups is 1. The predicted molar refractivity (Wildman–Crippen MR) is 65.0 cm³/mol. The monoisotopic (exact) mass is 254 g/mol. The van der Waals surface area contributed by atoms with Crippen LogP contribution in [0.3, 0.4) is 0 Å². The minimum Gasteiger partial charge on any atom is -0.334 e. The molecule has 1 atom stereocenters. The summed E-state index contributed by atoms with van der Waals surface area (Å²) in [5, 5.41) is 0.299. The molecule has 17 heavy (non-hydrogen) atoms. The van der Waals surface area contributed by atoms with Crippen LogP contribution in [0.15, 0.2) is 12.4 Å². The van der Waals surface area contributed by atoms with Crippen LogP contribution in [0.1, 0.15) is 17.4 Å². The van der Waals surface area contributed by atoms with Crippen molar-refractivity contribution in [3.05, 3.63) is 23.2 Å². The predicted octanol–water partition coefficient (Wildman–Crippen LogP) is 0.906. The quantitative estimate of drug-likeness (QED) is 0.747. The van der Waals surface area contributed by atoms with E-state index in [2.05, 4.69) is 28.8 Å². The Morgan fingerprint density at radius 3 is 2.76 bits per heavy atom. The van der Waals surface area contributed by atoms with Crippen LogP contribution in [-0.2, 0) is 0 Å². The van der Waals surface area contributed by atoms with Crippen molar-refractivity contribution in [1.82, 2.24) is 19.8 Å². The normalized spacial score (nSPS) is 21.6. The van der Waals surface area contributed by atoms with Gasteiger partial charge in [-0.15, -0.1) is 0 Å². The highest BCUT2D eigenvalue weighted by molar-refractivity contribution is 6.29. The molecule has 1 unspecified atom stereocenters. The number of aromatic nitrogens is 2. The molecule has 2 heterocycles. The molecule has 1 aromatic heterocycles. The lowest BCUT2D eigenvalue weighted by Crippen LogP contribution is -2.52. The Bertz CT molecular complexity index is 408. The molecule has 0 N–H and O–H groups in total. The fourth-order valence-corrected chi connectivity index (χ4v) is 1.92. The lowest BCUT2D eigenvalue weighted by atomic mass is 10.2. The summed E-state index contributed by atoms with van der Waals surface area (Å²) in [6.07, 6.45) is 2.82. The fraction of sp³-hybridized carbons (Fsp3) is 0.545. The van der Waals surface area contributed by atoms with Gasteiger partial charge in [0.25, 0.3) is 5.91 Å². The third-order valence-electron chi connectivity index (χ3n) is 3.09. The second-order valence-electron chi connectivity index (χ2n) is 4.31. The SMILES string of the molecule is CC1CN(C(=O)c2cnc(Cl)cn2)CCN1C. The van der Waals surface area contributed by atoms with Crippen LogP contribution in [-0.4, -0.2) is 58.4 Å². The van der Waals surface area contributed by atoms with Crippen LogP contribution in [0.25, 0.3) is 0 Å². The van der Waals surface area contributed by atoms with Gasteiger partial charge in [0, 0.05) is 25.7 Å². The highest BCUT2D eigenvalue weighted by Gasteiger charge is 2.25. The molecule has 5 nitrogen and oxygen atoms in total. The number of nitrogens with zero attached hydrogens (tertiary/aromatic N) is 4. The van der Waals surface area contributed by atoms with Gasteiger partial charge in [-0.05, 0) is 14.0 Å². The minimum atomic E-state index is -0.0749. The van der Waals surface area contributed by atoms with E-state index < -0.39 is 0 Å². The number of amides is 1. The van der Waals surface area contributed by atoms with Gasteiger partial charge in [0.1, 0.15) is 10.8 Å². The first-order valence-corrected chi connectivity index (χ1v) is 5.93. The van der Waals surface area contributed by atoms with E-state index in [-0.39, 0.29) is 5.91 Å². The number of hydrogen-bond acceptors (Lipinski definition) is 4. The third-order valence-corrected chi connectivity index (χ3v) is 3.28. The maximum atomic E-state index is 12.1. The summed E-state index contributed by atoms with van der Waals surface area (Å²) in [6, 6.07) is 0.368. The minimum absolute atomic E-state index is 0.0749. The highest BCUT2D eigenvalue weighted by Crippen LogP contribution is 2.10. The summed E-state index contributed by atoms with van der Waals surface area (Å²) in [6.45, 7) is 4.44. The molecule has 1 aliphatic rings. The lowest BCUT2D eigenvalue weighted by Gasteiger charge is -2.37. The molecule has 0 spiro atoms. The standard InChI is InChI=1S/C11H15ClN4O/c1-8-7-16(4-3-15(8)2)11(17)9-5-14-10(12)6-13-9/h5-6,8H,3-4,7H2,1-2H3. The van der Waals surface area contributed by atoms with Crippen molar-refractivity contribution in [1.29, 1.82) is 0 Å². The van der Waals surface area contributed by atoms with E-state index in [1.165, 1.54) is 12.4 Å². The molecule has 1 aromatic rings. The van der Waals surface area contributed by atoms with Crippen LogP contribution in [0.5, 0.6) is 0 Å². The fourth-order valence-electron chi connectivity index (χ4n) is 1.82. The Kier molecular flexibility index (Phi) is 3.59. The van der Waals surface area contributed by atoms with Gasteiger partial charge >= 0.3 is 0 Å². The first-order valence-electron chi connectivity index (χ1n) is 5.55. The Labute approximate surface area is 105 Å². The van der Waals surface area contributed by atoms with E-state index in [1.54, 1.807) is 0 Å². The second-order valence-corrected chi connectivity index (χ2v) is 4.69. The molecule has 2 rings (SSSR count). The maximum absolute atomic E-state index is 12.1. The summed E-state index contributed by atoms with van der Waals surface area (Å²) in [4.78, 5) is 24.0. The molecule has 0 aromatic carbocycles. The molecule has 0 saturated carbocycles. The first-order chi connectivity index (χ1) is 8.08. The molecule has 0 radical (unpaired) electrons. The number of hydrogen-bond donors (Lipinski definition) is 0. The molecule has 1 fully saturated rings. The Balaban J connectivity index is 2.08. The van der Waals surface area contributed by atoms with Crippen LogP contribution >= 0.6 is 11.6 Å². The van der Waals surface area contributed by atoms with Gasteiger partial charge in [0.05, 0.1) is 12.4 Å². The van der Waals surface area contributed by atoms with E-state index in [1.807, 2.05) is 4.90 Å². The molecule has 1 aliphatic heterocycles. The first kappa shape index (κ1) is 12.3. The van der Waals surface area contributed by atoms with E-state index >= 15 is 0 Å². The summed E-state index contributed by atoms with van der Waals surface area (Å²) in [5.74, 6) is -0.0749. The van der Waals surface area contributed by atoms with Gasteiger partial charge in [-0.2, -0.15) is 0 Å². The topological polar surface area (TPSA) is 49.3 Å². The number of halogens is 1. The Morgan fingerprint density at radius 1 is 1.41 bits per heavy atom. The van der Waals surface area contributed by atoms with Crippen molar-refractivity contribution in [3.8, 4) is 0 Å². The zero-order chi connectivity index (χ0) is 12.4. The summed E-state index contributed by atoms with van der Waals surface area (Å²) >= 11 is 5.64. The van der Waals surface area contributed by atoms with E-state index in [4.69, 9.17) is 11.6 Å². The molecule has 1 amide bonds. The molecule has 6 heteroatoms. The molecule has 1 saturated heterocycles. The molecule has 0 aliphatic carbocycles. The third kappa shape index (κ3) is 2.73. The van der Waals surface area contributed by atoms with Gasteiger partial charge in [-0.3, -0.25) is 4.79 Å². The van der Waals surface area contributed by atoms with E-state index in [0.29, 0.717) is 16.9 Å². The maximum Gasteiger partial charge on any atom is 0.274 e. The van der Waals surface area contributed by atoms with Crippen molar-refractivity contribution >= 4 is 17.5 Å². The van der Waals surface area contributed by atoms with Gasteiger partial charge in [0.2, 0.25) is 0 Å². The number of rotatable bonds is 1. The number of carbonyl (C=O) groups excluding carboxylic acids is 1. The zero-order valence-electron chi connectivity index (χ0n) is 9.93. The van der Waals surface area contributed by atoms with Gasteiger partial charge in [-0.1, -0.05) is 11.6 Å². The van der Waals surface area contributed by atoms with Gasteiger partial charge in [0.15, 0.2) is 0 Å². The highest BCUT2D eigenvalue weighted by atomic mass is 35.5. The number of likely N-dealkylation sites (N-methyl/N-ethyl adjacent to an activating group) is 1. The summed E-state index contributed by atoms with van der Waals surface area (Å²) in [5.41, 5.74) is 0.353. The van der Waals surface area contributed by atoms with E-state index in [0.717, 1.165) is 19.6 Å². The van der Waals surface area contributed by atoms with Crippen LogP contribution in [0.2, 0.25) is 5.15 Å². The van der Waals surface area contributed by atoms with Crippen molar-refractivity contribution < 1.29 is 4.79 Å². The molecular weight excluding hydrogens is 240 g/mol. The lowest BCUT2D eigenvalue weighted by molar-refractivity contribution is 0.0566. The van der Waals surface area contributed by atoms with Gasteiger partial charge in [-0.25, -0.2) is 9.97 Å². The largest absolute Gasteiger partial charge is 0.334 e. The van der Waals surface area contributed by atoms with Crippen molar-refractivity contribution in [2.45, 2.75) is 13.0 Å². The number of piperazine rings is 1. The summed E-state index contributed by atoms with van der Waals surface area (Å²) < 4.78 is 0. The van der Waals surface area contributed by atoms with Crippen molar-refractivity contribution in [2.75, 3.05) is 26.7 Å². The van der Waals surface area contributed by atoms with Crippen molar-refractivity contribution in [3.63, 3.8) is 0 Å². The van der Waals surface area contributed by atoms with E-state index in [9.17, 15) is 4.79 Å². The summed E-state index contributed by atoms with van der Waals surface area (Å²) in [7, 11) is 2.06. The molecule has 92 valence electrons. The molecular formula is C11H15ClN4O.